The number of amides is 1. The molecule has 4 heterocycles. The zero-order valence-electron chi connectivity index (χ0n) is 11.9. The highest BCUT2D eigenvalue weighted by Gasteiger charge is 2.32. The average Bonchev–Trinajstić information content (AvgIpc) is 3.24. The topological polar surface area (TPSA) is 87.9 Å². The minimum atomic E-state index is -0.138. The van der Waals surface area contributed by atoms with Gasteiger partial charge in [-0.15, -0.1) is 0 Å². The quantitative estimate of drug-likeness (QED) is 0.784. The van der Waals surface area contributed by atoms with E-state index in [2.05, 4.69) is 20.1 Å². The summed E-state index contributed by atoms with van der Waals surface area (Å²) in [5.74, 6) is 0.472. The number of aromatic nitrogens is 4. The van der Waals surface area contributed by atoms with Crippen LogP contribution in [-0.4, -0.2) is 37.5 Å². The molecule has 1 atom stereocenters. The number of hydrogen-bond donors (Lipinski definition) is 1. The molecule has 0 spiro atoms. The monoisotopic (exact) mass is 297 g/mol. The largest absolute Gasteiger partial charge is 0.346 e. The van der Waals surface area contributed by atoms with E-state index in [4.69, 9.17) is 4.52 Å². The Morgan fingerprint density at radius 1 is 1.32 bits per heavy atom. The average molecular weight is 297 g/mol. The summed E-state index contributed by atoms with van der Waals surface area (Å²) in [6.07, 6.45) is 5.98. The van der Waals surface area contributed by atoms with Crippen molar-refractivity contribution in [3.63, 3.8) is 0 Å². The van der Waals surface area contributed by atoms with Crippen molar-refractivity contribution in [2.45, 2.75) is 25.3 Å². The lowest BCUT2D eigenvalue weighted by molar-refractivity contribution is 0.0591. The third kappa shape index (κ3) is 2.14. The molecule has 0 radical (unpaired) electrons. The first-order valence-electron chi connectivity index (χ1n) is 7.34. The van der Waals surface area contributed by atoms with Gasteiger partial charge in [-0.05, 0) is 37.5 Å². The second kappa shape index (κ2) is 5.25. The van der Waals surface area contributed by atoms with Crippen LogP contribution in [0.3, 0.4) is 0 Å². The van der Waals surface area contributed by atoms with Gasteiger partial charge in [-0.3, -0.25) is 4.79 Å². The van der Waals surface area contributed by atoms with Gasteiger partial charge in [0.05, 0.1) is 6.04 Å². The third-order valence-electron chi connectivity index (χ3n) is 4.07. The molecule has 1 saturated heterocycles. The van der Waals surface area contributed by atoms with Crippen molar-refractivity contribution in [3.05, 3.63) is 42.3 Å². The number of aromatic amines is 1. The zero-order chi connectivity index (χ0) is 14.9. The van der Waals surface area contributed by atoms with Crippen molar-refractivity contribution >= 4 is 16.9 Å². The van der Waals surface area contributed by atoms with E-state index in [-0.39, 0.29) is 11.9 Å². The first kappa shape index (κ1) is 13.0. The second-order valence-corrected chi connectivity index (χ2v) is 5.41. The SMILES string of the molecule is O=C(c1ccc2cc[nH]c2n1)N1CCCCC1c1ncon1. The number of nitrogens with one attached hydrogen (secondary N) is 1. The van der Waals surface area contributed by atoms with Crippen molar-refractivity contribution < 1.29 is 9.32 Å². The van der Waals surface area contributed by atoms with Crippen LogP contribution in [0, 0.1) is 0 Å². The maximum Gasteiger partial charge on any atom is 0.273 e. The summed E-state index contributed by atoms with van der Waals surface area (Å²) >= 11 is 0. The molecular formula is C15H15N5O2. The Kier molecular flexibility index (Phi) is 3.10. The van der Waals surface area contributed by atoms with Crippen LogP contribution in [0.1, 0.15) is 41.6 Å². The van der Waals surface area contributed by atoms with E-state index in [0.717, 1.165) is 30.3 Å². The minimum absolute atomic E-state index is 0.0917. The predicted octanol–water partition coefficient (Wildman–Crippen LogP) is 2.31. The number of carbonyl (C=O) groups excluding carboxylic acids is 1. The molecule has 0 bridgehead atoms. The molecule has 1 N–H and O–H groups in total. The molecule has 4 rings (SSSR count). The first-order valence-corrected chi connectivity index (χ1v) is 7.34. The highest BCUT2D eigenvalue weighted by molar-refractivity contribution is 5.94. The van der Waals surface area contributed by atoms with Crippen LogP contribution >= 0.6 is 0 Å². The molecule has 22 heavy (non-hydrogen) atoms. The predicted molar refractivity (Wildman–Crippen MR) is 78.0 cm³/mol. The van der Waals surface area contributed by atoms with E-state index in [1.807, 2.05) is 18.3 Å². The fraction of sp³-hybridized carbons (Fsp3) is 0.333. The first-order chi connectivity index (χ1) is 10.8. The smallest absolute Gasteiger partial charge is 0.273 e. The number of likely N-dealkylation sites (tertiary alicyclic amines) is 1. The number of nitrogens with zero attached hydrogens (tertiary/aromatic N) is 4. The Morgan fingerprint density at radius 2 is 2.27 bits per heavy atom. The molecule has 7 nitrogen and oxygen atoms in total. The van der Waals surface area contributed by atoms with Gasteiger partial charge < -0.3 is 14.4 Å². The highest BCUT2D eigenvalue weighted by Crippen LogP contribution is 2.30. The van der Waals surface area contributed by atoms with Gasteiger partial charge in [0.1, 0.15) is 11.3 Å². The lowest BCUT2D eigenvalue weighted by Crippen LogP contribution is -2.39. The molecule has 7 heteroatoms. The van der Waals surface area contributed by atoms with Crippen LogP contribution in [0.2, 0.25) is 0 Å². The molecule has 1 unspecified atom stereocenters. The van der Waals surface area contributed by atoms with Gasteiger partial charge in [-0.1, -0.05) is 5.16 Å². The molecule has 1 aliphatic heterocycles. The number of fused-ring (bicyclic) bond motifs is 1. The fourth-order valence-electron chi connectivity index (χ4n) is 2.97. The minimum Gasteiger partial charge on any atom is -0.346 e. The highest BCUT2D eigenvalue weighted by atomic mass is 16.5. The lowest BCUT2D eigenvalue weighted by Gasteiger charge is -2.33. The number of rotatable bonds is 2. The Hall–Kier alpha value is -2.70. The maximum atomic E-state index is 12.8. The summed E-state index contributed by atoms with van der Waals surface area (Å²) in [6.45, 7) is 0.683. The van der Waals surface area contributed by atoms with Gasteiger partial charge in [0, 0.05) is 18.1 Å². The Labute approximate surface area is 126 Å². The number of piperidine rings is 1. The van der Waals surface area contributed by atoms with Crippen LogP contribution in [0.25, 0.3) is 11.0 Å². The lowest BCUT2D eigenvalue weighted by atomic mass is 10.0. The molecule has 0 aliphatic carbocycles. The number of carbonyl (C=O) groups is 1. The van der Waals surface area contributed by atoms with E-state index in [1.165, 1.54) is 6.39 Å². The standard InChI is InChI=1S/C15H15N5O2/c21-15(11-5-4-10-6-7-16-13(10)18-11)20-8-2-1-3-12(20)14-17-9-22-19-14/h4-7,9,12H,1-3,8H2,(H,16,18). The van der Waals surface area contributed by atoms with Crippen LogP contribution in [0.5, 0.6) is 0 Å². The fourth-order valence-corrected chi connectivity index (χ4v) is 2.97. The van der Waals surface area contributed by atoms with E-state index in [0.29, 0.717) is 18.1 Å². The Morgan fingerprint density at radius 3 is 3.14 bits per heavy atom. The Balaban J connectivity index is 1.67. The van der Waals surface area contributed by atoms with Gasteiger partial charge in [0.15, 0.2) is 5.82 Å². The Bertz CT molecular complexity index is 795. The van der Waals surface area contributed by atoms with Crippen molar-refractivity contribution in [2.24, 2.45) is 0 Å². The summed E-state index contributed by atoms with van der Waals surface area (Å²) in [5.41, 5.74) is 1.16. The van der Waals surface area contributed by atoms with Gasteiger partial charge in [-0.25, -0.2) is 4.98 Å². The van der Waals surface area contributed by atoms with Crippen molar-refractivity contribution in [2.75, 3.05) is 6.54 Å². The van der Waals surface area contributed by atoms with Gasteiger partial charge >= 0.3 is 0 Å². The third-order valence-corrected chi connectivity index (χ3v) is 4.07. The molecule has 3 aromatic rings. The van der Waals surface area contributed by atoms with E-state index in [1.54, 1.807) is 11.0 Å². The molecular weight excluding hydrogens is 282 g/mol. The van der Waals surface area contributed by atoms with E-state index in [9.17, 15) is 4.79 Å². The molecule has 1 aliphatic rings. The number of hydrogen-bond acceptors (Lipinski definition) is 5. The number of pyridine rings is 1. The molecule has 0 aromatic carbocycles. The van der Waals surface area contributed by atoms with Gasteiger partial charge in [0.2, 0.25) is 6.39 Å². The summed E-state index contributed by atoms with van der Waals surface area (Å²) in [7, 11) is 0. The van der Waals surface area contributed by atoms with Crippen LogP contribution in [0.15, 0.2) is 35.3 Å². The van der Waals surface area contributed by atoms with E-state index >= 15 is 0 Å². The maximum absolute atomic E-state index is 12.8. The summed E-state index contributed by atoms with van der Waals surface area (Å²) < 4.78 is 4.83. The summed E-state index contributed by atoms with van der Waals surface area (Å²) in [6, 6.07) is 5.46. The van der Waals surface area contributed by atoms with Crippen LogP contribution < -0.4 is 0 Å². The van der Waals surface area contributed by atoms with Crippen molar-refractivity contribution in [1.82, 2.24) is 25.0 Å². The van der Waals surface area contributed by atoms with Crippen molar-refractivity contribution in [1.29, 1.82) is 0 Å². The molecule has 1 amide bonds. The second-order valence-electron chi connectivity index (χ2n) is 5.41. The summed E-state index contributed by atoms with van der Waals surface area (Å²) in [5, 5.41) is 4.89. The molecule has 112 valence electrons. The summed E-state index contributed by atoms with van der Waals surface area (Å²) in [4.78, 5) is 26.2. The zero-order valence-corrected chi connectivity index (χ0v) is 11.9. The van der Waals surface area contributed by atoms with E-state index < -0.39 is 0 Å². The molecule has 1 fully saturated rings. The molecule has 3 aromatic heterocycles. The van der Waals surface area contributed by atoms with Crippen molar-refractivity contribution in [3.8, 4) is 0 Å². The van der Waals surface area contributed by atoms with Crippen LogP contribution in [0.4, 0.5) is 0 Å². The van der Waals surface area contributed by atoms with Gasteiger partial charge in [0.25, 0.3) is 5.91 Å². The number of H-pyrrole nitrogens is 1. The molecule has 0 saturated carbocycles. The normalized spacial score (nSPS) is 18.7. The van der Waals surface area contributed by atoms with Gasteiger partial charge in [-0.2, -0.15) is 4.98 Å². The van der Waals surface area contributed by atoms with Crippen LogP contribution in [-0.2, 0) is 0 Å².